The van der Waals surface area contributed by atoms with Crippen LogP contribution in [0, 0.1) is 5.82 Å². The lowest BCUT2D eigenvalue weighted by molar-refractivity contribution is -0.131. The topological polar surface area (TPSA) is 75.4 Å². The summed E-state index contributed by atoms with van der Waals surface area (Å²) in [5, 5.41) is 2.58. The lowest BCUT2D eigenvalue weighted by atomic mass is 10.2. The van der Waals surface area contributed by atoms with E-state index < -0.39 is 5.82 Å². The zero-order valence-corrected chi connectivity index (χ0v) is 9.78. The number of likely N-dealkylation sites (tertiary alicyclic amines) is 1. The number of anilines is 2. The molecule has 1 saturated heterocycles. The van der Waals surface area contributed by atoms with Gasteiger partial charge < -0.3 is 16.0 Å². The number of halogens is 1. The summed E-state index contributed by atoms with van der Waals surface area (Å²) in [7, 11) is 0. The molecular weight excluding hydrogens is 237 g/mol. The monoisotopic (exact) mass is 251 g/mol. The zero-order chi connectivity index (χ0) is 13.1. The van der Waals surface area contributed by atoms with E-state index in [1.54, 1.807) is 0 Å². The Bertz CT molecular complexity index is 490. The number of amides is 2. The summed E-state index contributed by atoms with van der Waals surface area (Å²) in [6.45, 7) is 0.633. The first-order chi connectivity index (χ1) is 8.56. The van der Waals surface area contributed by atoms with Crippen molar-refractivity contribution in [3.63, 3.8) is 0 Å². The molecule has 18 heavy (non-hydrogen) atoms. The molecule has 1 heterocycles. The van der Waals surface area contributed by atoms with Gasteiger partial charge in [0.05, 0.1) is 12.2 Å². The molecule has 1 aromatic rings. The van der Waals surface area contributed by atoms with Gasteiger partial charge in [0, 0.05) is 18.7 Å². The molecule has 0 unspecified atom stereocenters. The average Bonchev–Trinajstić information content (AvgIpc) is 2.70. The van der Waals surface area contributed by atoms with Gasteiger partial charge in [-0.2, -0.15) is 0 Å². The van der Waals surface area contributed by atoms with Gasteiger partial charge in [-0.25, -0.2) is 4.39 Å². The number of nitrogens with zero attached hydrogens (tertiary/aromatic N) is 1. The van der Waals surface area contributed by atoms with Crippen LogP contribution in [0.4, 0.5) is 15.8 Å². The second kappa shape index (κ2) is 5.03. The molecule has 1 fully saturated rings. The van der Waals surface area contributed by atoms with Crippen LogP contribution in [0.15, 0.2) is 18.2 Å². The third-order valence-electron chi connectivity index (χ3n) is 2.79. The van der Waals surface area contributed by atoms with Crippen LogP contribution >= 0.6 is 0 Å². The summed E-state index contributed by atoms with van der Waals surface area (Å²) in [6.07, 6.45) is 1.28. The fraction of sp³-hybridized carbons (Fsp3) is 0.333. The fourth-order valence-electron chi connectivity index (χ4n) is 1.87. The van der Waals surface area contributed by atoms with E-state index in [-0.39, 0.29) is 24.0 Å². The van der Waals surface area contributed by atoms with Crippen molar-refractivity contribution in [1.29, 1.82) is 0 Å². The van der Waals surface area contributed by atoms with Crippen LogP contribution < -0.4 is 11.1 Å². The maximum absolute atomic E-state index is 12.9. The number of hydrogen-bond acceptors (Lipinski definition) is 3. The second-order valence-corrected chi connectivity index (χ2v) is 4.20. The maximum atomic E-state index is 12.9. The highest BCUT2D eigenvalue weighted by Gasteiger charge is 2.22. The number of benzene rings is 1. The molecule has 0 aromatic heterocycles. The van der Waals surface area contributed by atoms with Crippen molar-refractivity contribution in [1.82, 2.24) is 4.90 Å². The molecule has 1 aliphatic rings. The Morgan fingerprint density at radius 2 is 2.28 bits per heavy atom. The summed E-state index contributed by atoms with van der Waals surface area (Å²) >= 11 is 0. The summed E-state index contributed by atoms with van der Waals surface area (Å²) in [4.78, 5) is 24.5. The van der Waals surface area contributed by atoms with Crippen molar-refractivity contribution in [3.05, 3.63) is 24.0 Å². The van der Waals surface area contributed by atoms with E-state index in [0.29, 0.717) is 18.7 Å². The molecule has 1 aliphatic heterocycles. The zero-order valence-electron chi connectivity index (χ0n) is 9.78. The highest BCUT2D eigenvalue weighted by molar-refractivity contribution is 5.95. The minimum absolute atomic E-state index is 0.0104. The molecule has 6 heteroatoms. The molecule has 0 atom stereocenters. The molecule has 0 bridgehead atoms. The molecular formula is C12H14FN3O2. The molecule has 96 valence electrons. The predicted molar refractivity (Wildman–Crippen MR) is 65.3 cm³/mol. The number of hydrogen-bond donors (Lipinski definition) is 2. The Kier molecular flexibility index (Phi) is 3.45. The summed E-state index contributed by atoms with van der Waals surface area (Å²) in [5.74, 6) is -0.845. The SMILES string of the molecule is Nc1cc(NC(=O)CN2CCCC2=O)ccc1F. The highest BCUT2D eigenvalue weighted by Crippen LogP contribution is 2.16. The van der Waals surface area contributed by atoms with Crippen molar-refractivity contribution in [2.45, 2.75) is 12.8 Å². The lowest BCUT2D eigenvalue weighted by Gasteiger charge is -2.15. The third kappa shape index (κ3) is 2.77. The van der Waals surface area contributed by atoms with E-state index in [2.05, 4.69) is 5.32 Å². The first-order valence-electron chi connectivity index (χ1n) is 5.69. The van der Waals surface area contributed by atoms with Gasteiger partial charge in [0.1, 0.15) is 5.82 Å². The Balaban J connectivity index is 1.94. The summed E-state index contributed by atoms with van der Waals surface area (Å²) in [5.41, 5.74) is 5.79. The molecule has 0 radical (unpaired) electrons. The third-order valence-corrected chi connectivity index (χ3v) is 2.79. The predicted octanol–water partition coefficient (Wildman–Crippen LogP) is 0.969. The molecule has 5 nitrogen and oxygen atoms in total. The van der Waals surface area contributed by atoms with Crippen molar-refractivity contribution in [3.8, 4) is 0 Å². The standard InChI is InChI=1S/C12H14FN3O2/c13-9-4-3-8(6-10(9)14)15-11(17)7-16-5-1-2-12(16)18/h3-4,6H,1-2,5,7,14H2,(H,15,17). The van der Waals surface area contributed by atoms with E-state index in [9.17, 15) is 14.0 Å². The number of nitrogens with two attached hydrogens (primary N) is 1. The molecule has 3 N–H and O–H groups in total. The number of carbonyl (C=O) groups excluding carboxylic acids is 2. The van der Waals surface area contributed by atoms with Gasteiger partial charge in [-0.3, -0.25) is 9.59 Å². The van der Waals surface area contributed by atoms with E-state index in [1.807, 2.05) is 0 Å². The van der Waals surface area contributed by atoms with E-state index in [4.69, 9.17) is 5.73 Å². The van der Waals surface area contributed by atoms with Gasteiger partial charge in [-0.05, 0) is 24.6 Å². The van der Waals surface area contributed by atoms with Crippen LogP contribution in [0.3, 0.4) is 0 Å². The molecule has 0 spiro atoms. The Morgan fingerprint density at radius 3 is 2.89 bits per heavy atom. The number of rotatable bonds is 3. The van der Waals surface area contributed by atoms with E-state index >= 15 is 0 Å². The summed E-state index contributed by atoms with van der Waals surface area (Å²) in [6, 6.07) is 3.96. The first-order valence-corrected chi connectivity index (χ1v) is 5.69. The Labute approximate surface area is 104 Å². The van der Waals surface area contributed by atoms with Crippen molar-refractivity contribution in [2.75, 3.05) is 24.1 Å². The Morgan fingerprint density at radius 1 is 1.50 bits per heavy atom. The van der Waals surface area contributed by atoms with Gasteiger partial charge in [0.25, 0.3) is 0 Å². The number of carbonyl (C=O) groups is 2. The van der Waals surface area contributed by atoms with Gasteiger partial charge in [-0.15, -0.1) is 0 Å². The smallest absolute Gasteiger partial charge is 0.243 e. The highest BCUT2D eigenvalue weighted by atomic mass is 19.1. The van der Waals surface area contributed by atoms with Crippen LogP contribution in [0.5, 0.6) is 0 Å². The maximum Gasteiger partial charge on any atom is 0.243 e. The van der Waals surface area contributed by atoms with Crippen LogP contribution in [0.25, 0.3) is 0 Å². The van der Waals surface area contributed by atoms with Crippen molar-refractivity contribution >= 4 is 23.2 Å². The largest absolute Gasteiger partial charge is 0.396 e. The number of nitrogens with one attached hydrogen (secondary N) is 1. The van der Waals surface area contributed by atoms with Gasteiger partial charge >= 0.3 is 0 Å². The quantitative estimate of drug-likeness (QED) is 0.786. The van der Waals surface area contributed by atoms with Crippen molar-refractivity contribution in [2.24, 2.45) is 0 Å². The minimum atomic E-state index is -0.525. The van der Waals surface area contributed by atoms with E-state index in [1.165, 1.54) is 23.1 Å². The van der Waals surface area contributed by atoms with Crippen molar-refractivity contribution < 1.29 is 14.0 Å². The normalized spacial score (nSPS) is 14.9. The molecule has 0 saturated carbocycles. The second-order valence-electron chi connectivity index (χ2n) is 4.20. The van der Waals surface area contributed by atoms with E-state index in [0.717, 1.165) is 6.42 Å². The van der Waals surface area contributed by atoms with Gasteiger partial charge in [0.2, 0.25) is 11.8 Å². The molecule has 1 aromatic carbocycles. The first kappa shape index (κ1) is 12.3. The fourth-order valence-corrected chi connectivity index (χ4v) is 1.87. The lowest BCUT2D eigenvalue weighted by Crippen LogP contribution is -2.33. The average molecular weight is 251 g/mol. The van der Waals surface area contributed by atoms with Crippen LogP contribution in [0.2, 0.25) is 0 Å². The minimum Gasteiger partial charge on any atom is -0.396 e. The summed E-state index contributed by atoms with van der Waals surface area (Å²) < 4.78 is 12.9. The number of nitrogen functional groups attached to an aromatic ring is 1. The van der Waals surface area contributed by atoms with Crippen LogP contribution in [-0.2, 0) is 9.59 Å². The van der Waals surface area contributed by atoms with Gasteiger partial charge in [0.15, 0.2) is 0 Å². The van der Waals surface area contributed by atoms with Gasteiger partial charge in [-0.1, -0.05) is 0 Å². The van der Waals surface area contributed by atoms with Crippen LogP contribution in [0.1, 0.15) is 12.8 Å². The molecule has 0 aliphatic carbocycles. The van der Waals surface area contributed by atoms with Crippen LogP contribution in [-0.4, -0.2) is 29.8 Å². The Hall–Kier alpha value is -2.11. The molecule has 2 amide bonds. The molecule has 2 rings (SSSR count).